The molecule has 0 aromatic heterocycles. The van der Waals surface area contributed by atoms with E-state index in [1.807, 2.05) is 36.1 Å². The summed E-state index contributed by atoms with van der Waals surface area (Å²) in [6.07, 6.45) is 0.898. The smallest absolute Gasteiger partial charge is 0.234 e. The zero-order valence-electron chi connectivity index (χ0n) is 14.7. The van der Waals surface area contributed by atoms with Crippen LogP contribution in [0.3, 0.4) is 0 Å². The zero-order valence-corrected chi connectivity index (χ0v) is 14.7. The number of carbonyl (C=O) groups is 2. The summed E-state index contributed by atoms with van der Waals surface area (Å²) in [5.74, 6) is 0.868. The van der Waals surface area contributed by atoms with Crippen LogP contribution in [0.4, 0.5) is 0 Å². The van der Waals surface area contributed by atoms with Gasteiger partial charge >= 0.3 is 0 Å². The van der Waals surface area contributed by atoms with Crippen molar-refractivity contribution in [2.45, 2.75) is 26.3 Å². The lowest BCUT2D eigenvalue weighted by Crippen LogP contribution is -2.40. The molecule has 6 nitrogen and oxygen atoms in total. The van der Waals surface area contributed by atoms with Gasteiger partial charge in [0.25, 0.3) is 0 Å². The van der Waals surface area contributed by atoms with Crippen molar-refractivity contribution >= 4 is 11.8 Å². The number of nitrogens with one attached hydrogen (secondary N) is 1. The third-order valence-electron chi connectivity index (χ3n) is 4.38. The Bertz CT molecular complexity index is 576. The van der Waals surface area contributed by atoms with Crippen molar-refractivity contribution in [3.05, 3.63) is 29.8 Å². The first kappa shape index (κ1) is 18.3. The molecule has 0 radical (unpaired) electrons. The van der Waals surface area contributed by atoms with Gasteiger partial charge in [0.05, 0.1) is 19.7 Å². The minimum Gasteiger partial charge on any atom is -0.496 e. The Hall–Kier alpha value is -2.08. The molecule has 1 unspecified atom stereocenters. The maximum absolute atomic E-state index is 12.3. The van der Waals surface area contributed by atoms with Crippen molar-refractivity contribution in [1.29, 1.82) is 0 Å². The molecule has 0 aliphatic carbocycles. The maximum Gasteiger partial charge on any atom is 0.234 e. The van der Waals surface area contributed by atoms with E-state index in [0.29, 0.717) is 13.1 Å². The van der Waals surface area contributed by atoms with Gasteiger partial charge in [0.15, 0.2) is 0 Å². The van der Waals surface area contributed by atoms with Gasteiger partial charge in [-0.3, -0.25) is 14.5 Å². The first-order valence-corrected chi connectivity index (χ1v) is 8.41. The summed E-state index contributed by atoms with van der Waals surface area (Å²) in [6.45, 7) is 6.92. The highest BCUT2D eigenvalue weighted by atomic mass is 16.5. The van der Waals surface area contributed by atoms with E-state index in [9.17, 15) is 9.59 Å². The Kier molecular flexibility index (Phi) is 6.61. The molecule has 0 saturated carbocycles. The lowest BCUT2D eigenvalue weighted by atomic mass is 10.1. The predicted octanol–water partition coefficient (Wildman–Crippen LogP) is 1.43. The summed E-state index contributed by atoms with van der Waals surface area (Å²) < 4.78 is 5.35. The van der Waals surface area contributed by atoms with E-state index in [1.54, 1.807) is 14.0 Å². The van der Waals surface area contributed by atoms with Crippen LogP contribution in [0.1, 0.15) is 31.9 Å². The predicted molar refractivity (Wildman–Crippen MR) is 92.9 cm³/mol. The molecular weight excluding hydrogens is 306 g/mol. The molecule has 6 heteroatoms. The molecule has 1 aromatic carbocycles. The Morgan fingerprint density at radius 1 is 1.21 bits per heavy atom. The molecular formula is C18H27N3O3. The van der Waals surface area contributed by atoms with Crippen LogP contribution in [0.15, 0.2) is 24.3 Å². The van der Waals surface area contributed by atoms with E-state index in [-0.39, 0.29) is 17.9 Å². The molecule has 1 fully saturated rings. The highest BCUT2D eigenvalue weighted by Gasteiger charge is 2.20. The van der Waals surface area contributed by atoms with Gasteiger partial charge in [-0.15, -0.1) is 0 Å². The maximum atomic E-state index is 12.3. The Morgan fingerprint density at radius 2 is 1.96 bits per heavy atom. The van der Waals surface area contributed by atoms with Crippen molar-refractivity contribution in [3.8, 4) is 5.75 Å². The van der Waals surface area contributed by atoms with Gasteiger partial charge in [0, 0.05) is 38.7 Å². The van der Waals surface area contributed by atoms with Gasteiger partial charge in [0.1, 0.15) is 5.75 Å². The van der Waals surface area contributed by atoms with Crippen LogP contribution >= 0.6 is 0 Å². The number of nitrogens with zero attached hydrogens (tertiary/aromatic N) is 2. The topological polar surface area (TPSA) is 61.9 Å². The number of hydrogen-bond donors (Lipinski definition) is 1. The summed E-state index contributed by atoms with van der Waals surface area (Å²) in [7, 11) is 1.63. The number of carbonyl (C=O) groups excluding carboxylic acids is 2. The minimum atomic E-state index is -0.116. The van der Waals surface area contributed by atoms with E-state index in [2.05, 4.69) is 10.2 Å². The summed E-state index contributed by atoms with van der Waals surface area (Å²) in [6, 6.07) is 7.58. The molecule has 24 heavy (non-hydrogen) atoms. The third kappa shape index (κ3) is 4.96. The van der Waals surface area contributed by atoms with Crippen molar-refractivity contribution in [1.82, 2.24) is 15.1 Å². The highest BCUT2D eigenvalue weighted by Crippen LogP contribution is 2.24. The molecule has 1 saturated heterocycles. The molecule has 2 rings (SSSR count). The number of rotatable bonds is 5. The summed E-state index contributed by atoms with van der Waals surface area (Å²) >= 11 is 0. The summed E-state index contributed by atoms with van der Waals surface area (Å²) in [4.78, 5) is 27.8. The van der Waals surface area contributed by atoms with Crippen LogP contribution in [-0.4, -0.2) is 61.4 Å². The van der Waals surface area contributed by atoms with Crippen LogP contribution in [0.5, 0.6) is 5.75 Å². The monoisotopic (exact) mass is 333 g/mol. The van der Waals surface area contributed by atoms with Crippen molar-refractivity contribution in [2.24, 2.45) is 0 Å². The first-order chi connectivity index (χ1) is 11.5. The van der Waals surface area contributed by atoms with Crippen molar-refractivity contribution < 1.29 is 14.3 Å². The molecule has 2 amide bonds. The lowest BCUT2D eigenvalue weighted by molar-refractivity contribution is -0.128. The summed E-state index contributed by atoms with van der Waals surface area (Å²) in [5, 5.41) is 3.03. The fourth-order valence-corrected chi connectivity index (χ4v) is 3.04. The van der Waals surface area contributed by atoms with Crippen molar-refractivity contribution in [2.75, 3.05) is 39.8 Å². The van der Waals surface area contributed by atoms with Crippen molar-refractivity contribution in [3.63, 3.8) is 0 Å². The van der Waals surface area contributed by atoms with E-state index >= 15 is 0 Å². The number of ether oxygens (including phenoxy) is 1. The molecule has 1 heterocycles. The second-order valence-corrected chi connectivity index (χ2v) is 6.17. The minimum absolute atomic E-state index is 0.00955. The molecule has 1 atom stereocenters. The molecule has 0 bridgehead atoms. The Labute approximate surface area is 143 Å². The zero-order chi connectivity index (χ0) is 17.5. The van der Waals surface area contributed by atoms with Gasteiger partial charge in [-0.25, -0.2) is 0 Å². The number of methoxy groups -OCH3 is 1. The third-order valence-corrected chi connectivity index (χ3v) is 4.38. The standard InChI is InChI=1S/C18H27N3O3/c1-14(16-7-4-5-8-17(16)24-3)19-18(23)13-20-9-6-10-21(12-11-20)15(2)22/h4-5,7-8,14H,6,9-13H2,1-3H3,(H,19,23). The van der Waals surface area contributed by atoms with E-state index < -0.39 is 0 Å². The molecule has 132 valence electrons. The first-order valence-electron chi connectivity index (χ1n) is 8.41. The second kappa shape index (κ2) is 8.68. The quantitative estimate of drug-likeness (QED) is 0.885. The van der Waals surface area contributed by atoms with E-state index in [0.717, 1.165) is 37.4 Å². The highest BCUT2D eigenvalue weighted by molar-refractivity contribution is 5.78. The fourth-order valence-electron chi connectivity index (χ4n) is 3.04. The molecule has 1 aromatic rings. The lowest BCUT2D eigenvalue weighted by Gasteiger charge is -2.22. The van der Waals surface area contributed by atoms with Crippen LogP contribution in [-0.2, 0) is 9.59 Å². The normalized spacial score (nSPS) is 17.0. The number of amides is 2. The number of hydrogen-bond acceptors (Lipinski definition) is 4. The van der Waals surface area contributed by atoms with Crippen LogP contribution in [0.25, 0.3) is 0 Å². The average molecular weight is 333 g/mol. The van der Waals surface area contributed by atoms with Gasteiger partial charge in [0.2, 0.25) is 11.8 Å². The molecule has 1 aliphatic rings. The fraction of sp³-hybridized carbons (Fsp3) is 0.556. The van der Waals surface area contributed by atoms with Gasteiger partial charge in [-0.2, -0.15) is 0 Å². The SMILES string of the molecule is COc1ccccc1C(C)NC(=O)CN1CCCN(C(C)=O)CC1. The number of benzene rings is 1. The summed E-state index contributed by atoms with van der Waals surface area (Å²) in [5.41, 5.74) is 0.965. The van der Waals surface area contributed by atoms with E-state index in [4.69, 9.17) is 4.74 Å². The van der Waals surface area contributed by atoms with Gasteiger partial charge in [-0.1, -0.05) is 18.2 Å². The van der Waals surface area contributed by atoms with Gasteiger partial charge < -0.3 is 15.0 Å². The van der Waals surface area contributed by atoms with Crippen LogP contribution in [0.2, 0.25) is 0 Å². The molecule has 1 N–H and O–H groups in total. The molecule has 1 aliphatic heterocycles. The average Bonchev–Trinajstić information content (AvgIpc) is 2.80. The Morgan fingerprint density at radius 3 is 2.67 bits per heavy atom. The van der Waals surface area contributed by atoms with Gasteiger partial charge in [-0.05, 0) is 19.4 Å². The number of para-hydroxylation sites is 1. The second-order valence-electron chi connectivity index (χ2n) is 6.17. The largest absolute Gasteiger partial charge is 0.496 e. The van der Waals surface area contributed by atoms with E-state index in [1.165, 1.54) is 0 Å². The van der Waals surface area contributed by atoms with Crippen LogP contribution < -0.4 is 10.1 Å². The molecule has 0 spiro atoms. The van der Waals surface area contributed by atoms with Crippen LogP contribution in [0, 0.1) is 0 Å². The Balaban J connectivity index is 1.87.